The number of benzene rings is 1. The number of hydrogen-bond donors (Lipinski definition) is 2. The number of aromatic nitrogens is 1. The molecule has 0 aliphatic heterocycles. The Balaban J connectivity index is 1.68. The Kier molecular flexibility index (Phi) is 3.84. The van der Waals surface area contributed by atoms with Crippen LogP contribution in [-0.2, 0) is 0 Å². The third-order valence-corrected chi connectivity index (χ3v) is 5.71. The van der Waals surface area contributed by atoms with Gasteiger partial charge < -0.3 is 11.1 Å². The van der Waals surface area contributed by atoms with Gasteiger partial charge in [-0.05, 0) is 43.2 Å². The predicted molar refractivity (Wildman–Crippen MR) is 87.2 cm³/mol. The number of fused-ring (bicyclic) bond motifs is 1. The summed E-state index contributed by atoms with van der Waals surface area (Å²) in [6.45, 7) is 2.24. The zero-order valence-corrected chi connectivity index (χ0v) is 12.7. The van der Waals surface area contributed by atoms with Gasteiger partial charge in [0.25, 0.3) is 0 Å². The van der Waals surface area contributed by atoms with Crippen LogP contribution in [0.1, 0.15) is 26.2 Å². The van der Waals surface area contributed by atoms with E-state index in [1.54, 1.807) is 11.3 Å². The fourth-order valence-electron chi connectivity index (χ4n) is 2.64. The first kappa shape index (κ1) is 13.1. The molecular weight excluding hydrogens is 274 g/mol. The minimum absolute atomic E-state index is 0.585. The van der Waals surface area contributed by atoms with Crippen LogP contribution in [0, 0.1) is 0 Å². The van der Waals surface area contributed by atoms with Crippen LogP contribution < -0.4 is 11.1 Å². The van der Waals surface area contributed by atoms with Gasteiger partial charge in [0, 0.05) is 17.0 Å². The average molecular weight is 293 g/mol. The van der Waals surface area contributed by atoms with Crippen molar-refractivity contribution in [1.29, 1.82) is 0 Å². The van der Waals surface area contributed by atoms with Gasteiger partial charge in [-0.3, -0.25) is 0 Å². The Morgan fingerprint density at radius 2 is 2.37 bits per heavy atom. The standard InChI is InChI=1S/C14H19N3S2/c1-2-18-11-5-4-10(8-11)16-14-17-12-6-3-9(15)7-13(12)19-14/h3,6-7,10-11H,2,4-5,8,15H2,1H3,(H,16,17). The highest BCUT2D eigenvalue weighted by Crippen LogP contribution is 2.34. The maximum Gasteiger partial charge on any atom is 0.184 e. The fourth-order valence-corrected chi connectivity index (χ4v) is 4.77. The van der Waals surface area contributed by atoms with Crippen molar-refractivity contribution in [3.63, 3.8) is 0 Å². The van der Waals surface area contributed by atoms with Crippen molar-refractivity contribution in [2.24, 2.45) is 0 Å². The molecule has 0 bridgehead atoms. The van der Waals surface area contributed by atoms with Crippen LogP contribution in [-0.4, -0.2) is 22.0 Å². The second-order valence-corrected chi connectivity index (χ2v) is 7.59. The van der Waals surface area contributed by atoms with Gasteiger partial charge in [-0.2, -0.15) is 11.8 Å². The molecule has 3 nitrogen and oxygen atoms in total. The zero-order chi connectivity index (χ0) is 13.2. The molecule has 0 radical (unpaired) electrons. The van der Waals surface area contributed by atoms with Crippen LogP contribution in [0.25, 0.3) is 10.2 Å². The Hall–Kier alpha value is -0.940. The lowest BCUT2D eigenvalue weighted by molar-refractivity contribution is 0.756. The minimum Gasteiger partial charge on any atom is -0.399 e. The van der Waals surface area contributed by atoms with E-state index in [1.807, 2.05) is 18.2 Å². The molecule has 1 heterocycles. The van der Waals surface area contributed by atoms with E-state index in [0.717, 1.165) is 21.6 Å². The summed E-state index contributed by atoms with van der Waals surface area (Å²) in [7, 11) is 0. The summed E-state index contributed by atoms with van der Waals surface area (Å²) in [6, 6.07) is 6.50. The zero-order valence-electron chi connectivity index (χ0n) is 11.1. The molecule has 0 amide bonds. The van der Waals surface area contributed by atoms with E-state index in [1.165, 1.54) is 29.7 Å². The van der Waals surface area contributed by atoms with Crippen molar-refractivity contribution >= 4 is 44.1 Å². The van der Waals surface area contributed by atoms with E-state index in [-0.39, 0.29) is 0 Å². The SMILES string of the molecule is CCSC1CCC(Nc2nc3ccc(N)cc3s2)C1. The molecule has 0 spiro atoms. The van der Waals surface area contributed by atoms with Crippen molar-refractivity contribution in [3.05, 3.63) is 18.2 Å². The summed E-state index contributed by atoms with van der Waals surface area (Å²) >= 11 is 3.79. The first-order chi connectivity index (χ1) is 9.24. The van der Waals surface area contributed by atoms with Gasteiger partial charge in [-0.1, -0.05) is 18.3 Å². The normalized spacial score (nSPS) is 23.0. The molecule has 102 valence electrons. The molecule has 3 N–H and O–H groups in total. The largest absolute Gasteiger partial charge is 0.399 e. The van der Waals surface area contributed by atoms with Gasteiger partial charge in [-0.25, -0.2) is 4.98 Å². The summed E-state index contributed by atoms with van der Waals surface area (Å²) in [6.07, 6.45) is 3.85. The molecule has 1 fully saturated rings. The van der Waals surface area contributed by atoms with E-state index in [2.05, 4.69) is 29.0 Å². The van der Waals surface area contributed by atoms with Gasteiger partial charge >= 0.3 is 0 Å². The Labute approximate surface area is 122 Å². The average Bonchev–Trinajstić information content (AvgIpc) is 2.96. The predicted octanol–water partition coefficient (Wildman–Crippen LogP) is 3.96. The third kappa shape index (κ3) is 2.98. The quantitative estimate of drug-likeness (QED) is 0.838. The molecule has 5 heteroatoms. The van der Waals surface area contributed by atoms with E-state index in [9.17, 15) is 0 Å². The number of nitrogens with one attached hydrogen (secondary N) is 1. The molecule has 2 unspecified atom stereocenters. The molecule has 0 saturated heterocycles. The van der Waals surface area contributed by atoms with Crippen molar-refractivity contribution in [3.8, 4) is 0 Å². The van der Waals surface area contributed by atoms with E-state index < -0.39 is 0 Å². The topological polar surface area (TPSA) is 50.9 Å². The third-order valence-electron chi connectivity index (χ3n) is 3.53. The Bertz CT molecular complexity index is 567. The van der Waals surface area contributed by atoms with Gasteiger partial charge in [0.15, 0.2) is 5.13 Å². The lowest BCUT2D eigenvalue weighted by Gasteiger charge is -2.11. The molecular formula is C14H19N3S2. The Morgan fingerprint density at radius 1 is 1.47 bits per heavy atom. The van der Waals surface area contributed by atoms with Crippen molar-refractivity contribution < 1.29 is 0 Å². The number of thioether (sulfide) groups is 1. The Morgan fingerprint density at radius 3 is 3.21 bits per heavy atom. The van der Waals surface area contributed by atoms with Gasteiger partial charge in [0.05, 0.1) is 10.2 Å². The highest BCUT2D eigenvalue weighted by molar-refractivity contribution is 7.99. The van der Waals surface area contributed by atoms with E-state index >= 15 is 0 Å². The summed E-state index contributed by atoms with van der Waals surface area (Å²) < 4.78 is 1.17. The number of nitrogen functional groups attached to an aromatic ring is 1. The van der Waals surface area contributed by atoms with E-state index in [4.69, 9.17) is 5.73 Å². The monoisotopic (exact) mass is 293 g/mol. The lowest BCUT2D eigenvalue weighted by atomic mass is 10.3. The molecule has 2 aromatic rings. The number of nitrogens with two attached hydrogens (primary N) is 1. The molecule has 1 aliphatic rings. The first-order valence-corrected chi connectivity index (χ1v) is 8.65. The van der Waals surface area contributed by atoms with Crippen LogP contribution in [0.4, 0.5) is 10.8 Å². The van der Waals surface area contributed by atoms with Crippen LogP contribution >= 0.6 is 23.1 Å². The number of thiazole rings is 1. The first-order valence-electron chi connectivity index (χ1n) is 6.79. The molecule has 1 aromatic heterocycles. The fraction of sp³-hybridized carbons (Fsp3) is 0.500. The summed E-state index contributed by atoms with van der Waals surface area (Å²) in [5.41, 5.74) is 7.65. The van der Waals surface area contributed by atoms with Crippen LogP contribution in [0.2, 0.25) is 0 Å². The molecule has 3 rings (SSSR count). The molecule has 19 heavy (non-hydrogen) atoms. The summed E-state index contributed by atoms with van der Waals surface area (Å²) in [4.78, 5) is 4.63. The molecule has 2 atom stereocenters. The van der Waals surface area contributed by atoms with Crippen molar-refractivity contribution in [1.82, 2.24) is 4.98 Å². The van der Waals surface area contributed by atoms with Crippen molar-refractivity contribution in [2.45, 2.75) is 37.5 Å². The van der Waals surface area contributed by atoms with Crippen LogP contribution in [0.5, 0.6) is 0 Å². The molecule has 1 aliphatic carbocycles. The maximum absolute atomic E-state index is 5.80. The van der Waals surface area contributed by atoms with Gasteiger partial charge in [-0.15, -0.1) is 0 Å². The maximum atomic E-state index is 5.80. The number of anilines is 2. The molecule has 1 saturated carbocycles. The summed E-state index contributed by atoms with van der Waals surface area (Å²) in [5, 5.41) is 5.45. The van der Waals surface area contributed by atoms with Crippen LogP contribution in [0.3, 0.4) is 0 Å². The number of rotatable bonds is 4. The number of hydrogen-bond acceptors (Lipinski definition) is 5. The lowest BCUT2D eigenvalue weighted by Crippen LogP contribution is -2.15. The second-order valence-electron chi connectivity index (χ2n) is 4.98. The van der Waals surface area contributed by atoms with Gasteiger partial charge in [0.2, 0.25) is 0 Å². The molecule has 1 aromatic carbocycles. The van der Waals surface area contributed by atoms with Gasteiger partial charge in [0.1, 0.15) is 0 Å². The summed E-state index contributed by atoms with van der Waals surface area (Å²) in [5.74, 6) is 1.22. The second kappa shape index (κ2) is 5.59. The minimum atomic E-state index is 0.585. The smallest absolute Gasteiger partial charge is 0.184 e. The highest BCUT2D eigenvalue weighted by atomic mass is 32.2. The van der Waals surface area contributed by atoms with Crippen LogP contribution in [0.15, 0.2) is 18.2 Å². The number of nitrogens with zero attached hydrogens (tertiary/aromatic N) is 1. The van der Waals surface area contributed by atoms with Crippen molar-refractivity contribution in [2.75, 3.05) is 16.8 Å². The van der Waals surface area contributed by atoms with E-state index in [0.29, 0.717) is 6.04 Å². The highest BCUT2D eigenvalue weighted by Gasteiger charge is 2.25.